The summed E-state index contributed by atoms with van der Waals surface area (Å²) in [6.07, 6.45) is -11.9. The number of ketones is 1. The maximum absolute atomic E-state index is 11.3. The van der Waals surface area contributed by atoms with E-state index in [0.29, 0.717) is 0 Å². The van der Waals surface area contributed by atoms with Crippen LogP contribution >= 0.6 is 0 Å². The van der Waals surface area contributed by atoms with Gasteiger partial charge in [0.1, 0.15) is 0 Å². The van der Waals surface area contributed by atoms with Crippen molar-refractivity contribution in [3.63, 3.8) is 0 Å². The summed E-state index contributed by atoms with van der Waals surface area (Å²) in [4.78, 5) is 9.82. The molecule has 0 saturated carbocycles. The van der Waals surface area contributed by atoms with Crippen LogP contribution in [0.5, 0.6) is 0 Å². The van der Waals surface area contributed by atoms with E-state index < -0.39 is 38.0 Å². The van der Waals surface area contributed by atoms with Crippen LogP contribution in [0, 0.1) is 0 Å². The minimum Gasteiger partial charge on any atom is -0.869 e. The molecule has 0 aliphatic rings. The molecule has 0 aromatic heterocycles. The molecule has 0 unspecified atom stereocenters. The van der Waals surface area contributed by atoms with E-state index in [1.54, 1.807) is 0 Å². The van der Waals surface area contributed by atoms with Gasteiger partial charge in [-0.15, -0.1) is 12.3 Å². The number of carbonyl (C=O) groups is 1. The van der Waals surface area contributed by atoms with Crippen LogP contribution in [0.25, 0.3) is 0 Å². The molecule has 0 aromatic carbocycles. The van der Waals surface area contributed by atoms with Gasteiger partial charge in [0.2, 0.25) is 0 Å². The Morgan fingerprint density at radius 2 is 1.35 bits per heavy atom. The van der Waals surface area contributed by atoms with Gasteiger partial charge >= 0.3 is 34.7 Å². The van der Waals surface area contributed by atoms with Crippen molar-refractivity contribution in [3.8, 4) is 0 Å². The van der Waals surface area contributed by atoms with E-state index >= 15 is 0 Å². The maximum Gasteiger partial charge on any atom is 1.00 e. The summed E-state index contributed by atoms with van der Waals surface area (Å²) in [5, 5.41) is 9.82. The Morgan fingerprint density at radius 1 is 1.00 bits per heavy atom. The molecule has 0 fully saturated rings. The Labute approximate surface area is 148 Å². The molecule has 2 nitrogen and oxygen atoms in total. The fraction of sp³-hybridized carbons (Fsp3) is 0.615. The van der Waals surface area contributed by atoms with Crippen LogP contribution in [0.3, 0.4) is 0 Å². The zero-order valence-corrected chi connectivity index (χ0v) is 15.4. The number of halogens is 6. The number of hydrogen-bond acceptors (Lipinski definition) is 2. The fourth-order valence-corrected chi connectivity index (χ4v) is 3.83. The van der Waals surface area contributed by atoms with Gasteiger partial charge in [-0.1, -0.05) is 38.9 Å². The van der Waals surface area contributed by atoms with Crippen molar-refractivity contribution in [2.45, 2.75) is 51.3 Å². The molecule has 0 bridgehead atoms. The predicted molar refractivity (Wildman–Crippen MR) is 72.6 cm³/mol. The molecule has 0 heterocycles. The van der Waals surface area contributed by atoms with Crippen molar-refractivity contribution in [1.29, 1.82) is 0 Å². The van der Waals surface area contributed by atoms with Crippen LogP contribution in [0.2, 0.25) is 18.1 Å². The smallest absolute Gasteiger partial charge is 0.869 e. The monoisotopic (exact) mass is 456 g/mol. The van der Waals surface area contributed by atoms with Crippen molar-refractivity contribution in [3.05, 3.63) is 24.1 Å². The van der Waals surface area contributed by atoms with Crippen LogP contribution in [0.1, 0.15) is 20.8 Å². The summed E-state index contributed by atoms with van der Waals surface area (Å²) < 4.78 is 67.8. The Bertz CT molecular complexity index is 392. The van der Waals surface area contributed by atoms with Gasteiger partial charge in [0.15, 0.2) is 0 Å². The molecule has 0 radical (unpaired) electrons. The van der Waals surface area contributed by atoms with Crippen LogP contribution in [0.15, 0.2) is 24.1 Å². The molecule has 0 amide bonds. The van der Waals surface area contributed by atoms with Crippen molar-refractivity contribution < 1.29 is 58.6 Å². The summed E-state index contributed by atoms with van der Waals surface area (Å²) >= 11 is 0. The van der Waals surface area contributed by atoms with Crippen LogP contribution in [0.4, 0.5) is 26.3 Å². The van der Waals surface area contributed by atoms with Gasteiger partial charge < -0.3 is 5.11 Å². The molecular formula is C13H19AgF6O2Si. The zero-order chi connectivity index (χ0) is 18.2. The molecule has 0 N–H and O–H groups in total. The number of hydrogen-bond donors (Lipinski definition) is 0. The Morgan fingerprint density at radius 3 is 1.48 bits per heavy atom. The molecule has 0 rings (SSSR count). The number of alkyl halides is 6. The average Bonchev–Trinajstić information content (AvgIpc) is 2.40. The van der Waals surface area contributed by atoms with Crippen molar-refractivity contribution in [2.75, 3.05) is 0 Å². The molecule has 140 valence electrons. The topological polar surface area (TPSA) is 40.1 Å². The second kappa shape index (κ2) is 11.1. The van der Waals surface area contributed by atoms with Crippen LogP contribution in [-0.4, -0.2) is 26.2 Å². The standard InChI is InChI=1S/C8H18Si.C5H2F6O2.Ag/c1-5-9(6-2,7-3)8-4;6-4(7,8)2(12)1-3(13)5(9,10)11;/h5H,1,6-8H2,2-4H3;1,12H;/q;;+1/p-1/b;2-1-;. The van der Waals surface area contributed by atoms with Crippen LogP contribution in [-0.2, 0) is 27.2 Å². The summed E-state index contributed by atoms with van der Waals surface area (Å²) in [7, 11) is -0.927. The van der Waals surface area contributed by atoms with Gasteiger partial charge in [-0.2, -0.15) is 26.3 Å². The van der Waals surface area contributed by atoms with E-state index in [9.17, 15) is 36.2 Å². The van der Waals surface area contributed by atoms with Crippen molar-refractivity contribution in [2.24, 2.45) is 0 Å². The van der Waals surface area contributed by atoms with Crippen LogP contribution < -0.4 is 5.11 Å². The van der Waals surface area contributed by atoms with E-state index in [2.05, 4.69) is 33.0 Å². The zero-order valence-electron chi connectivity index (χ0n) is 12.9. The summed E-state index contributed by atoms with van der Waals surface area (Å²) in [5.41, 5.74) is 2.24. The number of allylic oxidation sites excluding steroid dienone is 2. The van der Waals surface area contributed by atoms with Gasteiger partial charge in [0.25, 0.3) is 5.78 Å². The third-order valence-electron chi connectivity index (χ3n) is 3.37. The normalized spacial score (nSPS) is 12.7. The molecule has 23 heavy (non-hydrogen) atoms. The van der Waals surface area contributed by atoms with Crippen molar-refractivity contribution in [1.82, 2.24) is 0 Å². The Balaban J connectivity index is -0.000000354. The second-order valence-electron chi connectivity index (χ2n) is 4.50. The minimum atomic E-state index is -5.46. The summed E-state index contributed by atoms with van der Waals surface area (Å²) in [6, 6.07) is 4.09. The van der Waals surface area contributed by atoms with Crippen molar-refractivity contribution >= 4 is 13.9 Å². The number of rotatable bonds is 5. The first kappa shape index (κ1) is 27.3. The molecule has 0 spiro atoms. The quantitative estimate of drug-likeness (QED) is 0.270. The largest absolute Gasteiger partial charge is 1.00 e. The first-order valence-electron chi connectivity index (χ1n) is 6.50. The second-order valence-corrected chi connectivity index (χ2v) is 9.75. The molecular weight excluding hydrogens is 438 g/mol. The first-order valence-corrected chi connectivity index (χ1v) is 9.20. The maximum atomic E-state index is 11.3. The predicted octanol–water partition coefficient (Wildman–Crippen LogP) is 4.14. The minimum absolute atomic E-state index is 0. The van der Waals surface area contributed by atoms with E-state index in [1.165, 1.54) is 18.1 Å². The van der Waals surface area contributed by atoms with E-state index in [-0.39, 0.29) is 22.4 Å². The molecule has 0 aliphatic carbocycles. The third-order valence-corrected chi connectivity index (χ3v) is 8.46. The fourth-order valence-electron chi connectivity index (χ4n) is 1.47. The first-order chi connectivity index (χ1) is 9.79. The molecule has 10 heteroatoms. The summed E-state index contributed by atoms with van der Waals surface area (Å²) in [6.45, 7) is 10.8. The third kappa shape index (κ3) is 10.8. The molecule has 0 atom stereocenters. The SMILES string of the molecule is C=C[Si](CC)(CC)CC.O=C(/C=C(\[O-])C(F)(F)F)C(F)(F)F.[Ag+]. The molecule has 0 aromatic rings. The molecule has 0 aliphatic heterocycles. The van der Waals surface area contributed by atoms with Gasteiger partial charge in [-0.25, -0.2) is 0 Å². The van der Waals surface area contributed by atoms with Gasteiger partial charge in [-0.3, -0.25) is 4.79 Å². The Hall–Kier alpha value is -0.513. The van der Waals surface area contributed by atoms with E-state index in [1.807, 2.05) is 0 Å². The summed E-state index contributed by atoms with van der Waals surface area (Å²) in [5.74, 6) is -5.65. The Kier molecular flexibility index (Phi) is 13.2. The van der Waals surface area contributed by atoms with Gasteiger partial charge in [0, 0.05) is 0 Å². The average molecular weight is 457 g/mol. The number of carbonyl (C=O) groups excluding carboxylic acids is 1. The van der Waals surface area contributed by atoms with E-state index in [0.717, 1.165) is 0 Å². The molecule has 0 saturated heterocycles. The van der Waals surface area contributed by atoms with Gasteiger partial charge in [0.05, 0.1) is 8.07 Å². The van der Waals surface area contributed by atoms with Gasteiger partial charge in [-0.05, 0) is 11.8 Å². The van der Waals surface area contributed by atoms with E-state index in [4.69, 9.17) is 0 Å².